The third kappa shape index (κ3) is 7.87. The number of likely N-dealkylation sites (tertiary alicyclic amines) is 1. The smallest absolute Gasteiger partial charge is 0.232 e. The Hall–Kier alpha value is -1.33. The second-order valence-corrected chi connectivity index (χ2v) is 6.94. The zero-order valence-electron chi connectivity index (χ0n) is 12.8. The Morgan fingerprint density at radius 1 is 1.33 bits per heavy atom. The quantitative estimate of drug-likeness (QED) is 0.666. The van der Waals surface area contributed by atoms with Gasteiger partial charge in [-0.05, 0) is 57.5 Å². The molecule has 4 nitrogen and oxygen atoms in total. The van der Waals surface area contributed by atoms with Crippen molar-refractivity contribution in [2.45, 2.75) is 26.2 Å². The van der Waals surface area contributed by atoms with E-state index < -0.39 is 10.0 Å². The van der Waals surface area contributed by atoms with Gasteiger partial charge in [0.25, 0.3) is 0 Å². The van der Waals surface area contributed by atoms with Crippen LogP contribution in [0.3, 0.4) is 0 Å². The molecule has 1 fully saturated rings. The van der Waals surface area contributed by atoms with E-state index in [0.717, 1.165) is 25.2 Å². The van der Waals surface area contributed by atoms with Gasteiger partial charge in [-0.2, -0.15) is 0 Å². The Morgan fingerprint density at radius 3 is 2.67 bits per heavy atom. The number of nitrogens with one attached hydrogen (secondary N) is 1. The molecule has 1 aliphatic heterocycles. The SMILES string of the molecule is C=CC(/C=C\C)=C/C=C/NS(=O)(=O)CCCN1CCCC1. The van der Waals surface area contributed by atoms with Crippen molar-refractivity contribution in [1.82, 2.24) is 9.62 Å². The van der Waals surface area contributed by atoms with Gasteiger partial charge in [-0.3, -0.25) is 4.72 Å². The molecular weight excluding hydrogens is 284 g/mol. The summed E-state index contributed by atoms with van der Waals surface area (Å²) in [6.45, 7) is 8.69. The fraction of sp³-hybridized carbons (Fsp3) is 0.500. The molecule has 1 saturated heterocycles. The molecule has 0 amide bonds. The highest BCUT2D eigenvalue weighted by Crippen LogP contribution is 2.07. The van der Waals surface area contributed by atoms with Crippen molar-refractivity contribution < 1.29 is 8.42 Å². The molecule has 0 radical (unpaired) electrons. The van der Waals surface area contributed by atoms with Crippen molar-refractivity contribution in [3.63, 3.8) is 0 Å². The van der Waals surface area contributed by atoms with Crippen LogP contribution in [0.1, 0.15) is 26.2 Å². The molecule has 0 atom stereocenters. The first-order valence-electron chi connectivity index (χ1n) is 7.42. The van der Waals surface area contributed by atoms with E-state index >= 15 is 0 Å². The van der Waals surface area contributed by atoms with Crippen molar-refractivity contribution in [3.8, 4) is 0 Å². The van der Waals surface area contributed by atoms with Crippen LogP contribution in [0.25, 0.3) is 0 Å². The molecule has 0 aromatic rings. The number of rotatable bonds is 9. The average molecular weight is 310 g/mol. The van der Waals surface area contributed by atoms with E-state index in [0.29, 0.717) is 6.42 Å². The van der Waals surface area contributed by atoms with E-state index in [1.54, 1.807) is 18.2 Å². The van der Waals surface area contributed by atoms with E-state index in [2.05, 4.69) is 16.2 Å². The first kappa shape index (κ1) is 17.7. The highest BCUT2D eigenvalue weighted by atomic mass is 32.2. The highest BCUT2D eigenvalue weighted by molar-refractivity contribution is 7.89. The lowest BCUT2D eigenvalue weighted by Crippen LogP contribution is -2.26. The van der Waals surface area contributed by atoms with E-state index in [4.69, 9.17) is 0 Å². The van der Waals surface area contributed by atoms with Gasteiger partial charge in [-0.15, -0.1) is 0 Å². The number of nitrogens with zero attached hydrogens (tertiary/aromatic N) is 1. The summed E-state index contributed by atoms with van der Waals surface area (Å²) >= 11 is 0. The molecule has 0 aromatic carbocycles. The van der Waals surface area contributed by atoms with E-state index in [9.17, 15) is 8.42 Å². The Morgan fingerprint density at radius 2 is 2.05 bits per heavy atom. The Balaban J connectivity index is 2.32. The van der Waals surface area contributed by atoms with E-state index in [1.807, 2.05) is 19.1 Å². The lowest BCUT2D eigenvalue weighted by atomic mass is 10.2. The van der Waals surface area contributed by atoms with Crippen molar-refractivity contribution in [1.29, 1.82) is 0 Å². The molecular formula is C16H26N2O2S. The van der Waals surface area contributed by atoms with E-state index in [1.165, 1.54) is 19.0 Å². The summed E-state index contributed by atoms with van der Waals surface area (Å²) in [5, 5.41) is 0. The zero-order valence-corrected chi connectivity index (χ0v) is 13.6. The molecule has 0 aromatic heterocycles. The summed E-state index contributed by atoms with van der Waals surface area (Å²) in [4.78, 5) is 2.32. The third-order valence-electron chi connectivity index (χ3n) is 3.31. The molecule has 5 heteroatoms. The van der Waals surface area contributed by atoms with Gasteiger partial charge in [0, 0.05) is 6.20 Å². The van der Waals surface area contributed by atoms with Gasteiger partial charge in [0.1, 0.15) is 0 Å². The third-order valence-corrected chi connectivity index (χ3v) is 4.63. The Kier molecular flexibility index (Phi) is 8.08. The zero-order chi connectivity index (χ0) is 15.6. The fourth-order valence-corrected chi connectivity index (χ4v) is 3.14. The second-order valence-electron chi connectivity index (χ2n) is 5.07. The van der Waals surface area contributed by atoms with Crippen LogP contribution in [0, 0.1) is 0 Å². The van der Waals surface area contributed by atoms with Crippen LogP contribution < -0.4 is 4.72 Å². The van der Waals surface area contributed by atoms with Crippen LogP contribution in [0.4, 0.5) is 0 Å². The normalized spacial score (nSPS) is 17.9. The molecule has 118 valence electrons. The van der Waals surface area contributed by atoms with Gasteiger partial charge in [0.2, 0.25) is 10.0 Å². The predicted octanol–water partition coefficient (Wildman–Crippen LogP) is 2.59. The van der Waals surface area contributed by atoms with Gasteiger partial charge >= 0.3 is 0 Å². The molecule has 1 heterocycles. The van der Waals surface area contributed by atoms with Gasteiger partial charge in [0.15, 0.2) is 0 Å². The lowest BCUT2D eigenvalue weighted by Gasteiger charge is -2.13. The van der Waals surface area contributed by atoms with Crippen LogP contribution in [-0.2, 0) is 10.0 Å². The van der Waals surface area contributed by atoms with Crippen LogP contribution >= 0.6 is 0 Å². The van der Waals surface area contributed by atoms with Crippen molar-refractivity contribution >= 4 is 10.0 Å². The van der Waals surface area contributed by atoms with Gasteiger partial charge in [0.05, 0.1) is 5.75 Å². The summed E-state index contributed by atoms with van der Waals surface area (Å²) in [6.07, 6.45) is 13.6. The minimum absolute atomic E-state index is 0.167. The van der Waals surface area contributed by atoms with Gasteiger partial charge in [-0.1, -0.05) is 30.9 Å². The maximum Gasteiger partial charge on any atom is 0.232 e. The minimum atomic E-state index is -3.23. The fourth-order valence-electron chi connectivity index (χ4n) is 2.23. The minimum Gasteiger partial charge on any atom is -0.303 e. The Labute approximate surface area is 129 Å². The van der Waals surface area contributed by atoms with Gasteiger partial charge in [-0.25, -0.2) is 8.42 Å². The molecule has 1 rings (SSSR count). The molecule has 1 N–H and O–H groups in total. The molecule has 21 heavy (non-hydrogen) atoms. The van der Waals surface area contributed by atoms with Crippen LogP contribution in [0.15, 0.2) is 48.7 Å². The largest absolute Gasteiger partial charge is 0.303 e. The highest BCUT2D eigenvalue weighted by Gasteiger charge is 2.13. The van der Waals surface area contributed by atoms with Crippen molar-refractivity contribution in [2.75, 3.05) is 25.4 Å². The maximum atomic E-state index is 11.8. The number of hydrogen-bond donors (Lipinski definition) is 1. The molecule has 1 aliphatic rings. The van der Waals surface area contributed by atoms with Crippen molar-refractivity contribution in [3.05, 3.63) is 48.7 Å². The summed E-state index contributed by atoms with van der Waals surface area (Å²) in [7, 11) is -3.23. The lowest BCUT2D eigenvalue weighted by molar-refractivity contribution is 0.340. The molecule has 0 aliphatic carbocycles. The maximum absolute atomic E-state index is 11.8. The molecule has 0 spiro atoms. The molecule has 0 bridgehead atoms. The first-order valence-corrected chi connectivity index (χ1v) is 9.07. The number of sulfonamides is 1. The van der Waals surface area contributed by atoms with Crippen LogP contribution in [0.5, 0.6) is 0 Å². The standard InChI is InChI=1S/C16H26N2O2S/c1-3-9-16(4-2)10-7-11-17-21(19,20)15-8-14-18-12-5-6-13-18/h3-4,7,9-11,17H,2,5-6,8,12-15H2,1H3/b9-3-,11-7+,16-10-. The summed E-state index contributed by atoms with van der Waals surface area (Å²) in [6, 6.07) is 0. The number of hydrogen-bond acceptors (Lipinski definition) is 3. The molecule has 0 unspecified atom stereocenters. The monoisotopic (exact) mass is 310 g/mol. The van der Waals surface area contributed by atoms with E-state index in [-0.39, 0.29) is 5.75 Å². The topological polar surface area (TPSA) is 49.4 Å². The Bertz CT molecular complexity index is 498. The van der Waals surface area contributed by atoms with Crippen LogP contribution in [0.2, 0.25) is 0 Å². The predicted molar refractivity (Wildman–Crippen MR) is 89.4 cm³/mol. The average Bonchev–Trinajstić information content (AvgIpc) is 2.95. The van der Waals surface area contributed by atoms with Crippen molar-refractivity contribution in [2.24, 2.45) is 0 Å². The van der Waals surface area contributed by atoms with Crippen LogP contribution in [-0.4, -0.2) is 38.7 Å². The summed E-state index contributed by atoms with van der Waals surface area (Å²) in [5.41, 5.74) is 0.932. The summed E-state index contributed by atoms with van der Waals surface area (Å²) in [5.74, 6) is 0.167. The summed E-state index contributed by atoms with van der Waals surface area (Å²) < 4.78 is 26.1. The number of allylic oxidation sites excluding steroid dienone is 6. The molecule has 0 saturated carbocycles. The second kappa shape index (κ2) is 9.58. The first-order chi connectivity index (χ1) is 10.1. The van der Waals surface area contributed by atoms with Gasteiger partial charge < -0.3 is 4.90 Å².